The molecule has 0 fully saturated rings. The lowest BCUT2D eigenvalue weighted by molar-refractivity contribution is 0.439. The predicted octanol–water partition coefficient (Wildman–Crippen LogP) is 2.51. The molecule has 0 aliphatic carbocycles. The second kappa shape index (κ2) is 7.33. The van der Waals surface area contributed by atoms with Gasteiger partial charge < -0.3 is 10.6 Å². The van der Waals surface area contributed by atoms with Crippen LogP contribution in [0.5, 0.6) is 0 Å². The van der Waals surface area contributed by atoms with Gasteiger partial charge in [0.25, 0.3) is 0 Å². The third kappa shape index (κ3) is 2.98. The summed E-state index contributed by atoms with van der Waals surface area (Å²) in [5, 5.41) is 18.2. The number of aromatic nitrogens is 7. The second-order valence-electron chi connectivity index (χ2n) is 6.18. The monoisotopic (exact) mass is 387 g/mol. The molecule has 0 radical (unpaired) electrons. The van der Waals surface area contributed by atoms with Crippen LogP contribution in [0.1, 0.15) is 12.8 Å². The van der Waals surface area contributed by atoms with Crippen molar-refractivity contribution in [3.05, 3.63) is 24.1 Å². The van der Waals surface area contributed by atoms with Crippen LogP contribution in [-0.2, 0) is 6.54 Å². The number of fused-ring (bicyclic) bond motifs is 2. The van der Waals surface area contributed by atoms with E-state index in [2.05, 4.69) is 36.0 Å². The third-order valence-corrected chi connectivity index (χ3v) is 4.41. The molecule has 28 heavy (non-hydrogen) atoms. The Bertz CT molecular complexity index is 1130. The first-order valence-electron chi connectivity index (χ1n) is 8.87. The molecule has 4 heterocycles. The summed E-state index contributed by atoms with van der Waals surface area (Å²) in [6.45, 7) is 0.112. The Morgan fingerprint density at radius 3 is 2.71 bits per heavy atom. The van der Waals surface area contributed by atoms with Crippen LogP contribution in [0.2, 0.25) is 0 Å². The van der Waals surface area contributed by atoms with Crippen LogP contribution in [0.3, 0.4) is 0 Å². The van der Waals surface area contributed by atoms with Crippen LogP contribution >= 0.6 is 0 Å². The van der Waals surface area contributed by atoms with E-state index in [0.29, 0.717) is 53.5 Å². The van der Waals surface area contributed by atoms with Crippen LogP contribution in [0.4, 0.5) is 20.5 Å². The van der Waals surface area contributed by atoms with Crippen LogP contribution in [0.25, 0.3) is 27.9 Å². The lowest BCUT2D eigenvalue weighted by Crippen LogP contribution is -2.06. The summed E-state index contributed by atoms with van der Waals surface area (Å²) < 4.78 is 30.3. The minimum Gasteiger partial charge on any atom is -0.371 e. The Kier molecular flexibility index (Phi) is 4.72. The van der Waals surface area contributed by atoms with Crippen molar-refractivity contribution in [3.63, 3.8) is 0 Å². The van der Waals surface area contributed by atoms with E-state index < -0.39 is 5.82 Å². The van der Waals surface area contributed by atoms with Crippen molar-refractivity contribution in [2.24, 2.45) is 0 Å². The highest BCUT2D eigenvalue weighted by molar-refractivity contribution is 5.89. The van der Waals surface area contributed by atoms with Gasteiger partial charge in [0, 0.05) is 20.6 Å². The molecule has 4 aromatic heterocycles. The fourth-order valence-electron chi connectivity index (χ4n) is 3.08. The molecule has 2 N–H and O–H groups in total. The number of anilines is 2. The molecule has 0 unspecified atom stereocenters. The highest BCUT2D eigenvalue weighted by Crippen LogP contribution is 2.32. The molecule has 146 valence electrons. The van der Waals surface area contributed by atoms with Crippen molar-refractivity contribution in [2.75, 3.05) is 31.4 Å². The summed E-state index contributed by atoms with van der Waals surface area (Å²) in [7, 11) is 3.39. The van der Waals surface area contributed by atoms with Crippen molar-refractivity contribution in [1.82, 2.24) is 34.6 Å². The molecule has 0 saturated heterocycles. The Balaban J connectivity index is 1.86. The summed E-state index contributed by atoms with van der Waals surface area (Å²) in [4.78, 5) is 8.92. The summed E-state index contributed by atoms with van der Waals surface area (Å²) >= 11 is 0. The molecular weight excluding hydrogens is 368 g/mol. The van der Waals surface area contributed by atoms with Gasteiger partial charge in [0.05, 0.1) is 24.1 Å². The average molecular weight is 387 g/mol. The minimum absolute atomic E-state index is 0.283. The Hall–Kier alpha value is -3.37. The normalized spacial score (nSPS) is 11.4. The highest BCUT2D eigenvalue weighted by Gasteiger charge is 2.21. The lowest BCUT2D eigenvalue weighted by atomic mass is 10.1. The average Bonchev–Trinajstić information content (AvgIpc) is 3.26. The molecule has 11 heteroatoms. The first kappa shape index (κ1) is 18.0. The molecule has 0 aromatic carbocycles. The first-order valence-corrected chi connectivity index (χ1v) is 8.87. The Morgan fingerprint density at radius 1 is 1.11 bits per heavy atom. The summed E-state index contributed by atoms with van der Waals surface area (Å²) in [6, 6.07) is 3.42. The molecule has 0 aliphatic rings. The standard InChI is InChI=1S/C17H19F2N9/c1-20-15-14-13(10(19)9-28(14)25-17(21-2)23-15)11-5-6-12-16(22-11)27(26-24-12)8-4-3-7-18/h5-6,9H,3-4,7-8H2,1-2H3,(H2,20,21,23,25). The molecule has 4 rings (SSSR count). The third-order valence-electron chi connectivity index (χ3n) is 4.41. The van der Waals surface area contributed by atoms with E-state index in [9.17, 15) is 8.78 Å². The second-order valence-corrected chi connectivity index (χ2v) is 6.18. The number of alkyl halides is 1. The molecule has 0 saturated carbocycles. The van der Waals surface area contributed by atoms with Crippen molar-refractivity contribution >= 4 is 28.4 Å². The van der Waals surface area contributed by atoms with Crippen LogP contribution in [-0.4, -0.2) is 55.3 Å². The maximum absolute atomic E-state index is 14.9. The van der Waals surface area contributed by atoms with E-state index in [1.54, 1.807) is 30.9 Å². The fourth-order valence-corrected chi connectivity index (χ4v) is 3.08. The Morgan fingerprint density at radius 2 is 1.96 bits per heavy atom. The molecule has 0 bridgehead atoms. The number of aryl methyl sites for hydroxylation is 1. The van der Waals surface area contributed by atoms with Crippen LogP contribution in [0, 0.1) is 5.82 Å². The van der Waals surface area contributed by atoms with E-state index in [1.807, 2.05) is 0 Å². The van der Waals surface area contributed by atoms with E-state index in [1.165, 1.54) is 10.7 Å². The van der Waals surface area contributed by atoms with Gasteiger partial charge in [0.15, 0.2) is 17.3 Å². The molecular formula is C17H19F2N9. The lowest BCUT2D eigenvalue weighted by Gasteiger charge is -2.08. The topological polar surface area (TPSA) is 97.8 Å². The number of nitrogens with zero attached hydrogens (tertiary/aromatic N) is 7. The zero-order valence-electron chi connectivity index (χ0n) is 15.4. The molecule has 0 atom stereocenters. The SMILES string of the molecule is CNc1nc(NC)c2c(-c3ccc4nnn(CCCCF)c4n3)c(F)cn2n1. The van der Waals surface area contributed by atoms with Crippen molar-refractivity contribution in [2.45, 2.75) is 19.4 Å². The molecule has 0 amide bonds. The van der Waals surface area contributed by atoms with Crippen LogP contribution < -0.4 is 10.6 Å². The van der Waals surface area contributed by atoms with Gasteiger partial charge in [-0.2, -0.15) is 4.98 Å². The predicted molar refractivity (Wildman–Crippen MR) is 102 cm³/mol. The number of hydrogen-bond donors (Lipinski definition) is 2. The maximum atomic E-state index is 14.9. The summed E-state index contributed by atoms with van der Waals surface area (Å²) in [5.41, 5.74) is 2.29. The van der Waals surface area contributed by atoms with Gasteiger partial charge in [-0.3, -0.25) is 4.39 Å². The number of unbranched alkanes of at least 4 members (excludes halogenated alkanes) is 1. The van der Waals surface area contributed by atoms with E-state index in [-0.39, 0.29) is 12.2 Å². The number of nitrogens with one attached hydrogen (secondary N) is 2. The first-order chi connectivity index (χ1) is 13.7. The van der Waals surface area contributed by atoms with Crippen molar-refractivity contribution in [3.8, 4) is 11.3 Å². The number of hydrogen-bond acceptors (Lipinski definition) is 7. The summed E-state index contributed by atoms with van der Waals surface area (Å²) in [6.07, 6.45) is 2.35. The quantitative estimate of drug-likeness (QED) is 0.470. The van der Waals surface area contributed by atoms with Gasteiger partial charge >= 0.3 is 0 Å². The van der Waals surface area contributed by atoms with Gasteiger partial charge in [-0.15, -0.1) is 10.2 Å². The van der Waals surface area contributed by atoms with Crippen molar-refractivity contribution in [1.29, 1.82) is 0 Å². The number of pyridine rings is 1. The van der Waals surface area contributed by atoms with Gasteiger partial charge in [-0.25, -0.2) is 18.6 Å². The van der Waals surface area contributed by atoms with Gasteiger partial charge in [0.1, 0.15) is 11.0 Å². The zero-order valence-corrected chi connectivity index (χ0v) is 15.4. The van der Waals surface area contributed by atoms with Gasteiger partial charge in [0.2, 0.25) is 5.95 Å². The molecule has 9 nitrogen and oxygen atoms in total. The Labute approximate surface area is 158 Å². The molecule has 0 spiro atoms. The highest BCUT2D eigenvalue weighted by atomic mass is 19.1. The largest absolute Gasteiger partial charge is 0.371 e. The number of halogens is 2. The number of rotatable bonds is 7. The van der Waals surface area contributed by atoms with Crippen molar-refractivity contribution < 1.29 is 8.78 Å². The maximum Gasteiger partial charge on any atom is 0.242 e. The van der Waals surface area contributed by atoms with Gasteiger partial charge in [-0.1, -0.05) is 5.21 Å². The van der Waals surface area contributed by atoms with E-state index in [0.717, 1.165) is 0 Å². The van der Waals surface area contributed by atoms with E-state index >= 15 is 0 Å². The fraction of sp³-hybridized carbons (Fsp3) is 0.353. The van der Waals surface area contributed by atoms with E-state index in [4.69, 9.17) is 0 Å². The molecule has 4 aromatic rings. The molecule has 0 aliphatic heterocycles. The zero-order chi connectivity index (χ0) is 19.7. The summed E-state index contributed by atoms with van der Waals surface area (Å²) in [5.74, 6) is 0.356. The van der Waals surface area contributed by atoms with Crippen LogP contribution in [0.15, 0.2) is 18.3 Å². The minimum atomic E-state index is -0.470. The van der Waals surface area contributed by atoms with Gasteiger partial charge in [-0.05, 0) is 25.0 Å². The smallest absolute Gasteiger partial charge is 0.242 e.